The van der Waals surface area contributed by atoms with Crippen molar-refractivity contribution in [2.24, 2.45) is 12.8 Å². The summed E-state index contributed by atoms with van der Waals surface area (Å²) in [6, 6.07) is 7.75. The number of benzene rings is 1. The Kier molecular flexibility index (Phi) is 5.01. The number of amides is 1. The molecule has 2 heterocycles. The molecule has 3 rings (SSSR count). The summed E-state index contributed by atoms with van der Waals surface area (Å²) < 4.78 is 8.99. The smallest absolute Gasteiger partial charge is 0.225 e. The van der Waals surface area contributed by atoms with Gasteiger partial charge in [-0.05, 0) is 13.0 Å². The van der Waals surface area contributed by atoms with E-state index in [9.17, 15) is 4.79 Å². The monoisotopic (exact) mass is 354 g/mol. The summed E-state index contributed by atoms with van der Waals surface area (Å²) in [4.78, 5) is 15.8. The lowest BCUT2D eigenvalue weighted by molar-refractivity contribution is -0.117. The van der Waals surface area contributed by atoms with Crippen molar-refractivity contribution in [2.75, 3.05) is 7.11 Å². The van der Waals surface area contributed by atoms with Crippen LogP contribution in [-0.2, 0) is 31.2 Å². The first-order chi connectivity index (χ1) is 12.5. The molecule has 2 N–H and O–H groups in total. The van der Waals surface area contributed by atoms with Gasteiger partial charge in [0.05, 0.1) is 25.8 Å². The fraction of sp³-hybridized carbons (Fsp3) is 0.333. The molecular formula is C18H22N6O2. The summed E-state index contributed by atoms with van der Waals surface area (Å²) in [7, 11) is 3.52. The number of ether oxygens (including phenoxy) is 1. The van der Waals surface area contributed by atoms with Crippen LogP contribution >= 0.6 is 0 Å². The van der Waals surface area contributed by atoms with Crippen LogP contribution in [0.15, 0.2) is 30.5 Å². The maximum atomic E-state index is 11.3. The van der Waals surface area contributed by atoms with Crippen LogP contribution in [-0.4, -0.2) is 37.6 Å². The number of para-hydroxylation sites is 1. The van der Waals surface area contributed by atoms with Crippen LogP contribution in [0.3, 0.4) is 0 Å². The number of nitrogens with two attached hydrogens (primary N) is 1. The van der Waals surface area contributed by atoms with Crippen LogP contribution in [0.4, 0.5) is 0 Å². The van der Waals surface area contributed by atoms with E-state index in [1.165, 1.54) is 0 Å². The molecule has 1 amide bonds. The minimum atomic E-state index is -0.455. The van der Waals surface area contributed by atoms with Crippen molar-refractivity contribution in [3.05, 3.63) is 58.9 Å². The quantitative estimate of drug-likeness (QED) is 0.682. The fourth-order valence-corrected chi connectivity index (χ4v) is 2.90. The van der Waals surface area contributed by atoms with Gasteiger partial charge in [0.2, 0.25) is 5.91 Å². The molecule has 0 bridgehead atoms. The molecule has 0 saturated carbocycles. The van der Waals surface area contributed by atoms with Crippen LogP contribution in [0.5, 0.6) is 5.75 Å². The van der Waals surface area contributed by atoms with Crippen molar-refractivity contribution >= 4 is 5.91 Å². The lowest BCUT2D eigenvalue weighted by Gasteiger charge is -2.10. The number of hydrogen-bond acceptors (Lipinski definition) is 5. The van der Waals surface area contributed by atoms with Crippen LogP contribution in [0.2, 0.25) is 0 Å². The molecule has 2 aromatic heterocycles. The van der Waals surface area contributed by atoms with E-state index in [0.717, 1.165) is 28.4 Å². The zero-order valence-corrected chi connectivity index (χ0v) is 15.1. The van der Waals surface area contributed by atoms with Gasteiger partial charge < -0.3 is 10.5 Å². The van der Waals surface area contributed by atoms with Crippen LogP contribution in [0, 0.1) is 6.92 Å². The number of carbonyl (C=O) groups excluding carboxylic acids is 1. The van der Waals surface area contributed by atoms with E-state index >= 15 is 0 Å². The van der Waals surface area contributed by atoms with Gasteiger partial charge in [-0.3, -0.25) is 9.48 Å². The Hall–Kier alpha value is -3.16. The van der Waals surface area contributed by atoms with Crippen molar-refractivity contribution in [2.45, 2.75) is 26.3 Å². The van der Waals surface area contributed by atoms with Gasteiger partial charge in [0, 0.05) is 30.8 Å². The lowest BCUT2D eigenvalue weighted by atomic mass is 10.1. The summed E-state index contributed by atoms with van der Waals surface area (Å²) in [5.74, 6) is 1.50. The molecular weight excluding hydrogens is 332 g/mol. The fourth-order valence-electron chi connectivity index (χ4n) is 2.90. The van der Waals surface area contributed by atoms with E-state index in [-0.39, 0.29) is 6.42 Å². The zero-order valence-electron chi connectivity index (χ0n) is 15.1. The molecule has 8 nitrogen and oxygen atoms in total. The van der Waals surface area contributed by atoms with Crippen molar-refractivity contribution < 1.29 is 9.53 Å². The first kappa shape index (κ1) is 17.7. The van der Waals surface area contributed by atoms with Gasteiger partial charge in [-0.25, -0.2) is 9.67 Å². The number of aryl methyl sites for hydroxylation is 2. The highest BCUT2D eigenvalue weighted by atomic mass is 16.5. The largest absolute Gasteiger partial charge is 0.496 e. The molecule has 0 radical (unpaired) electrons. The number of methoxy groups -OCH3 is 1. The van der Waals surface area contributed by atoms with Gasteiger partial charge in [0.15, 0.2) is 5.82 Å². The molecule has 0 unspecified atom stereocenters. The number of hydrogen-bond donors (Lipinski definition) is 1. The van der Waals surface area contributed by atoms with Crippen molar-refractivity contribution in [3.8, 4) is 5.75 Å². The molecule has 136 valence electrons. The summed E-state index contributed by atoms with van der Waals surface area (Å²) in [6.45, 7) is 2.45. The van der Waals surface area contributed by atoms with Gasteiger partial charge in [0.1, 0.15) is 11.6 Å². The molecule has 3 aromatic rings. The summed E-state index contributed by atoms with van der Waals surface area (Å²) >= 11 is 0. The third kappa shape index (κ3) is 3.90. The van der Waals surface area contributed by atoms with Crippen molar-refractivity contribution in [1.29, 1.82) is 0 Å². The average molecular weight is 354 g/mol. The highest BCUT2D eigenvalue weighted by Crippen LogP contribution is 2.20. The Morgan fingerprint density at radius 3 is 2.65 bits per heavy atom. The van der Waals surface area contributed by atoms with Gasteiger partial charge >= 0.3 is 0 Å². The second-order valence-electron chi connectivity index (χ2n) is 6.15. The highest BCUT2D eigenvalue weighted by Gasteiger charge is 2.16. The van der Waals surface area contributed by atoms with Crippen LogP contribution in [0.1, 0.15) is 28.5 Å². The van der Waals surface area contributed by atoms with E-state index in [2.05, 4.69) is 15.2 Å². The van der Waals surface area contributed by atoms with E-state index in [4.69, 9.17) is 10.5 Å². The topological polar surface area (TPSA) is 101 Å². The summed E-state index contributed by atoms with van der Waals surface area (Å²) in [5.41, 5.74) is 8.28. The molecule has 26 heavy (non-hydrogen) atoms. The third-order valence-electron chi connectivity index (χ3n) is 4.10. The first-order valence-electron chi connectivity index (χ1n) is 8.28. The normalized spacial score (nSPS) is 10.9. The minimum Gasteiger partial charge on any atom is -0.496 e. The summed E-state index contributed by atoms with van der Waals surface area (Å²) in [5, 5.41) is 8.84. The molecule has 0 aliphatic rings. The van der Waals surface area contributed by atoms with Crippen molar-refractivity contribution in [3.63, 3.8) is 0 Å². The number of primary amides is 1. The minimum absolute atomic E-state index is 0.0119. The summed E-state index contributed by atoms with van der Waals surface area (Å²) in [6.07, 6.45) is 2.55. The second kappa shape index (κ2) is 7.38. The predicted octanol–water partition coefficient (Wildman–Crippen LogP) is 0.996. The average Bonchev–Trinajstić information content (AvgIpc) is 3.10. The van der Waals surface area contributed by atoms with Crippen LogP contribution in [0.25, 0.3) is 0 Å². The van der Waals surface area contributed by atoms with Gasteiger partial charge in [0.25, 0.3) is 0 Å². The number of aromatic nitrogens is 5. The molecule has 0 aliphatic heterocycles. The maximum Gasteiger partial charge on any atom is 0.225 e. The van der Waals surface area contributed by atoms with Gasteiger partial charge in [-0.1, -0.05) is 18.2 Å². The second-order valence-corrected chi connectivity index (χ2v) is 6.15. The standard InChI is InChI=1S/C18H22N6O2/c1-12-14(10-23(2)21-12)8-18-20-17(9-16(19)25)22-24(18)11-13-6-4-5-7-15(13)26-3/h4-7,10H,8-9,11H2,1-3H3,(H2,19,25). The molecule has 0 saturated heterocycles. The Balaban J connectivity index is 1.95. The van der Waals surface area contributed by atoms with E-state index in [1.807, 2.05) is 44.4 Å². The Labute approximate surface area is 151 Å². The maximum absolute atomic E-state index is 11.3. The zero-order chi connectivity index (χ0) is 18.7. The first-order valence-corrected chi connectivity index (χ1v) is 8.28. The lowest BCUT2D eigenvalue weighted by Crippen LogP contribution is -2.15. The number of rotatable bonds is 7. The molecule has 0 spiro atoms. The number of nitrogens with zero attached hydrogens (tertiary/aromatic N) is 5. The highest BCUT2D eigenvalue weighted by molar-refractivity contribution is 5.75. The van der Waals surface area contributed by atoms with Crippen LogP contribution < -0.4 is 10.5 Å². The Morgan fingerprint density at radius 2 is 2.00 bits per heavy atom. The van der Waals surface area contributed by atoms with E-state index in [0.29, 0.717) is 18.8 Å². The molecule has 0 fully saturated rings. The molecule has 8 heteroatoms. The Morgan fingerprint density at radius 1 is 1.23 bits per heavy atom. The van der Waals surface area contributed by atoms with E-state index in [1.54, 1.807) is 16.5 Å². The van der Waals surface area contributed by atoms with E-state index < -0.39 is 5.91 Å². The number of carbonyl (C=O) groups is 1. The molecule has 1 aromatic carbocycles. The van der Waals surface area contributed by atoms with Crippen molar-refractivity contribution in [1.82, 2.24) is 24.5 Å². The van der Waals surface area contributed by atoms with Gasteiger partial charge in [-0.15, -0.1) is 0 Å². The third-order valence-corrected chi connectivity index (χ3v) is 4.10. The molecule has 0 aliphatic carbocycles. The molecule has 0 atom stereocenters. The Bertz CT molecular complexity index is 928. The van der Waals surface area contributed by atoms with Gasteiger partial charge in [-0.2, -0.15) is 10.2 Å². The SMILES string of the molecule is COc1ccccc1Cn1nc(CC(N)=O)nc1Cc1cn(C)nc1C. The predicted molar refractivity (Wildman–Crippen MR) is 95.8 cm³/mol.